The molecule has 5 nitrogen and oxygen atoms in total. The van der Waals surface area contributed by atoms with E-state index in [1.807, 2.05) is 24.4 Å². The molecule has 16 heavy (non-hydrogen) atoms. The molecule has 0 aliphatic heterocycles. The first kappa shape index (κ1) is 9.33. The Hall–Kier alpha value is -1.91. The molecule has 2 aromatic rings. The highest BCUT2D eigenvalue weighted by Gasteiger charge is 2.26. The van der Waals surface area contributed by atoms with Crippen LogP contribution < -0.4 is 5.32 Å². The van der Waals surface area contributed by atoms with E-state index in [2.05, 4.69) is 15.5 Å². The van der Waals surface area contributed by atoms with Crippen LogP contribution in [0.4, 0.5) is 5.95 Å². The summed E-state index contributed by atoms with van der Waals surface area (Å²) in [6.07, 6.45) is 4.97. The van der Waals surface area contributed by atoms with Gasteiger partial charge in [-0.25, -0.2) is 0 Å². The molecule has 0 radical (unpaired) electrons. The summed E-state index contributed by atoms with van der Waals surface area (Å²) in [6.45, 7) is 0. The van der Waals surface area contributed by atoms with Crippen molar-refractivity contribution < 1.29 is 4.79 Å². The average molecular weight is 216 g/mol. The summed E-state index contributed by atoms with van der Waals surface area (Å²) in [5, 5.41) is 10.7. The number of carbonyl (C=O) groups is 1. The van der Waals surface area contributed by atoms with Gasteiger partial charge in [0.15, 0.2) is 5.65 Å². The number of fused-ring (bicyclic) bond motifs is 1. The van der Waals surface area contributed by atoms with Gasteiger partial charge in [0, 0.05) is 12.1 Å². The third kappa shape index (κ3) is 1.44. The number of nitrogens with one attached hydrogen (secondary N) is 1. The maximum atomic E-state index is 11.7. The van der Waals surface area contributed by atoms with Gasteiger partial charge in [-0.2, -0.15) is 0 Å². The van der Waals surface area contributed by atoms with Gasteiger partial charge in [0.05, 0.1) is 0 Å². The molecule has 0 aromatic carbocycles. The van der Waals surface area contributed by atoms with Crippen molar-refractivity contribution in [2.24, 2.45) is 5.92 Å². The minimum atomic E-state index is 0.0596. The second-order valence-corrected chi connectivity index (χ2v) is 4.07. The highest BCUT2D eigenvalue weighted by atomic mass is 16.2. The van der Waals surface area contributed by atoms with Crippen LogP contribution in [0.2, 0.25) is 0 Å². The molecule has 2 heterocycles. The van der Waals surface area contributed by atoms with Crippen molar-refractivity contribution in [2.45, 2.75) is 19.3 Å². The van der Waals surface area contributed by atoms with Gasteiger partial charge in [-0.3, -0.25) is 14.5 Å². The first-order valence-electron chi connectivity index (χ1n) is 5.45. The minimum Gasteiger partial charge on any atom is -0.294 e. The van der Waals surface area contributed by atoms with E-state index >= 15 is 0 Å². The SMILES string of the molecule is O=C(Nc1nnc2ccccn12)C1CCC1. The lowest BCUT2D eigenvalue weighted by molar-refractivity contribution is -0.122. The topological polar surface area (TPSA) is 59.3 Å². The first-order valence-corrected chi connectivity index (χ1v) is 5.45. The Morgan fingerprint density at radius 1 is 1.38 bits per heavy atom. The third-order valence-corrected chi connectivity index (χ3v) is 3.02. The highest BCUT2D eigenvalue weighted by molar-refractivity contribution is 5.91. The molecule has 1 aliphatic rings. The van der Waals surface area contributed by atoms with Gasteiger partial charge >= 0.3 is 0 Å². The Morgan fingerprint density at radius 3 is 3.00 bits per heavy atom. The lowest BCUT2D eigenvalue weighted by Gasteiger charge is -2.23. The fourth-order valence-electron chi connectivity index (χ4n) is 1.81. The van der Waals surface area contributed by atoms with Crippen molar-refractivity contribution in [3.05, 3.63) is 24.4 Å². The van der Waals surface area contributed by atoms with E-state index in [1.165, 1.54) is 0 Å². The van der Waals surface area contributed by atoms with Crippen LogP contribution in [-0.2, 0) is 4.79 Å². The lowest BCUT2D eigenvalue weighted by Crippen LogP contribution is -2.28. The van der Waals surface area contributed by atoms with Gasteiger partial charge in [0.2, 0.25) is 11.9 Å². The highest BCUT2D eigenvalue weighted by Crippen LogP contribution is 2.27. The molecule has 0 spiro atoms. The molecule has 3 rings (SSSR count). The summed E-state index contributed by atoms with van der Waals surface area (Å²) in [5.41, 5.74) is 0.742. The fourth-order valence-corrected chi connectivity index (χ4v) is 1.81. The predicted molar refractivity (Wildman–Crippen MR) is 59.0 cm³/mol. The van der Waals surface area contributed by atoms with Gasteiger partial charge < -0.3 is 0 Å². The van der Waals surface area contributed by atoms with Gasteiger partial charge in [0.25, 0.3) is 0 Å². The van der Waals surface area contributed by atoms with E-state index in [4.69, 9.17) is 0 Å². The molecule has 5 heteroatoms. The molecule has 1 fully saturated rings. The van der Waals surface area contributed by atoms with Crippen molar-refractivity contribution >= 4 is 17.5 Å². The van der Waals surface area contributed by atoms with Crippen molar-refractivity contribution in [1.82, 2.24) is 14.6 Å². The smallest absolute Gasteiger partial charge is 0.235 e. The molecule has 82 valence electrons. The molecule has 1 aliphatic carbocycles. The molecule has 0 atom stereocenters. The van der Waals surface area contributed by atoms with E-state index in [1.54, 1.807) is 4.40 Å². The number of rotatable bonds is 2. The molecule has 0 saturated heterocycles. The van der Waals surface area contributed by atoms with E-state index < -0.39 is 0 Å². The van der Waals surface area contributed by atoms with Crippen molar-refractivity contribution in [3.63, 3.8) is 0 Å². The Balaban J connectivity index is 1.86. The maximum absolute atomic E-state index is 11.7. The van der Waals surface area contributed by atoms with Crippen LogP contribution in [-0.4, -0.2) is 20.5 Å². The molecule has 0 bridgehead atoms. The molecule has 1 saturated carbocycles. The number of amides is 1. The second kappa shape index (κ2) is 3.59. The van der Waals surface area contributed by atoms with Crippen LogP contribution in [0.1, 0.15) is 19.3 Å². The normalized spacial score (nSPS) is 16.0. The van der Waals surface area contributed by atoms with E-state index in [9.17, 15) is 4.79 Å². The molecular formula is C11H12N4O. The summed E-state index contributed by atoms with van der Waals surface area (Å²) in [6, 6.07) is 5.63. The fraction of sp³-hybridized carbons (Fsp3) is 0.364. The summed E-state index contributed by atoms with van der Waals surface area (Å²) < 4.78 is 1.77. The number of carbonyl (C=O) groups excluding carboxylic acids is 1. The third-order valence-electron chi connectivity index (χ3n) is 3.02. The zero-order valence-electron chi connectivity index (χ0n) is 8.76. The minimum absolute atomic E-state index is 0.0596. The number of anilines is 1. The molecule has 1 N–H and O–H groups in total. The van der Waals surface area contributed by atoms with Crippen LogP contribution in [0.5, 0.6) is 0 Å². The summed E-state index contributed by atoms with van der Waals surface area (Å²) in [5.74, 6) is 0.730. The van der Waals surface area contributed by atoms with Crippen LogP contribution in [0.15, 0.2) is 24.4 Å². The van der Waals surface area contributed by atoms with Gasteiger partial charge in [0.1, 0.15) is 0 Å². The van der Waals surface area contributed by atoms with Crippen LogP contribution >= 0.6 is 0 Å². The number of pyridine rings is 1. The van der Waals surface area contributed by atoms with Gasteiger partial charge in [-0.05, 0) is 25.0 Å². The number of hydrogen-bond acceptors (Lipinski definition) is 3. The van der Waals surface area contributed by atoms with E-state index in [0.717, 1.165) is 24.9 Å². The summed E-state index contributed by atoms with van der Waals surface area (Å²) >= 11 is 0. The van der Waals surface area contributed by atoms with E-state index in [0.29, 0.717) is 5.95 Å². The Morgan fingerprint density at radius 2 is 2.25 bits per heavy atom. The Labute approximate surface area is 92.5 Å². The molecule has 1 amide bonds. The quantitative estimate of drug-likeness (QED) is 0.826. The largest absolute Gasteiger partial charge is 0.294 e. The van der Waals surface area contributed by atoms with Crippen LogP contribution in [0, 0.1) is 5.92 Å². The van der Waals surface area contributed by atoms with Crippen molar-refractivity contribution in [1.29, 1.82) is 0 Å². The predicted octanol–water partition coefficient (Wildman–Crippen LogP) is 1.47. The lowest BCUT2D eigenvalue weighted by atomic mass is 9.85. The molecule has 0 unspecified atom stereocenters. The van der Waals surface area contributed by atoms with Crippen molar-refractivity contribution in [3.8, 4) is 0 Å². The Bertz CT molecular complexity index is 530. The first-order chi connectivity index (χ1) is 7.84. The Kier molecular flexibility index (Phi) is 2.09. The monoisotopic (exact) mass is 216 g/mol. The summed E-state index contributed by atoms with van der Waals surface area (Å²) in [7, 11) is 0. The van der Waals surface area contributed by atoms with E-state index in [-0.39, 0.29) is 11.8 Å². The van der Waals surface area contributed by atoms with Crippen LogP contribution in [0.25, 0.3) is 5.65 Å². The average Bonchev–Trinajstić information content (AvgIpc) is 2.59. The molecule has 2 aromatic heterocycles. The van der Waals surface area contributed by atoms with Gasteiger partial charge in [-0.1, -0.05) is 12.5 Å². The zero-order chi connectivity index (χ0) is 11.0. The number of hydrogen-bond donors (Lipinski definition) is 1. The standard InChI is InChI=1S/C11H12N4O/c16-10(8-4-3-5-8)12-11-14-13-9-6-1-2-7-15(9)11/h1-2,6-8H,3-5H2,(H,12,14,16). The van der Waals surface area contributed by atoms with Crippen LogP contribution in [0.3, 0.4) is 0 Å². The number of aromatic nitrogens is 3. The maximum Gasteiger partial charge on any atom is 0.235 e. The second-order valence-electron chi connectivity index (χ2n) is 4.07. The van der Waals surface area contributed by atoms with Crippen molar-refractivity contribution in [2.75, 3.05) is 5.32 Å². The molecular weight excluding hydrogens is 204 g/mol. The number of nitrogens with zero attached hydrogens (tertiary/aromatic N) is 3. The summed E-state index contributed by atoms with van der Waals surface area (Å²) in [4.78, 5) is 11.7. The van der Waals surface area contributed by atoms with Gasteiger partial charge in [-0.15, -0.1) is 10.2 Å². The zero-order valence-corrected chi connectivity index (χ0v) is 8.76.